The Morgan fingerprint density at radius 3 is 2.39 bits per heavy atom. The van der Waals surface area contributed by atoms with Crippen LogP contribution in [0.2, 0.25) is 0 Å². The van der Waals surface area contributed by atoms with Crippen molar-refractivity contribution in [2.75, 3.05) is 33.7 Å². The van der Waals surface area contributed by atoms with E-state index in [1.165, 1.54) is 0 Å². The van der Waals surface area contributed by atoms with Crippen LogP contribution in [0.5, 0.6) is 0 Å². The maximum absolute atomic E-state index is 12.2. The Bertz CT molecular complexity index is 297. The van der Waals surface area contributed by atoms with Crippen LogP contribution in [-0.4, -0.2) is 50.4 Å². The van der Waals surface area contributed by atoms with Crippen molar-refractivity contribution in [3.63, 3.8) is 0 Å². The van der Waals surface area contributed by atoms with E-state index in [2.05, 4.69) is 17.6 Å². The molecule has 1 aliphatic heterocycles. The molecule has 2 N–H and O–H groups in total. The van der Waals surface area contributed by atoms with Crippen molar-refractivity contribution in [3.05, 3.63) is 0 Å². The van der Waals surface area contributed by atoms with Gasteiger partial charge in [-0.1, -0.05) is 6.92 Å². The molecule has 0 atom stereocenters. The van der Waals surface area contributed by atoms with Crippen LogP contribution in [0.4, 0.5) is 0 Å². The lowest BCUT2D eigenvalue weighted by Crippen LogP contribution is -2.47. The van der Waals surface area contributed by atoms with Gasteiger partial charge in [-0.15, -0.1) is 0 Å². The first kappa shape index (κ1) is 15.0. The van der Waals surface area contributed by atoms with Crippen LogP contribution < -0.4 is 10.6 Å². The van der Waals surface area contributed by atoms with Crippen molar-refractivity contribution in [3.8, 4) is 0 Å². The molecule has 0 saturated carbocycles. The molecular formula is C13H25N3O2. The summed E-state index contributed by atoms with van der Waals surface area (Å²) in [6, 6.07) is 0. The minimum Gasteiger partial charge on any atom is -0.355 e. The third-order valence-electron chi connectivity index (χ3n) is 3.84. The number of piperidine rings is 1. The second-order valence-corrected chi connectivity index (χ2v) is 5.18. The fourth-order valence-corrected chi connectivity index (χ4v) is 2.34. The van der Waals surface area contributed by atoms with Crippen LogP contribution in [0.15, 0.2) is 0 Å². The fourth-order valence-electron chi connectivity index (χ4n) is 2.34. The molecule has 18 heavy (non-hydrogen) atoms. The number of hydrogen-bond acceptors (Lipinski definition) is 3. The van der Waals surface area contributed by atoms with Gasteiger partial charge in [0.1, 0.15) is 0 Å². The summed E-state index contributed by atoms with van der Waals surface area (Å²) in [5.41, 5.74) is -0.230. The number of hydrogen-bond donors (Lipinski definition) is 2. The monoisotopic (exact) mass is 255 g/mol. The van der Waals surface area contributed by atoms with E-state index < -0.39 is 0 Å². The quantitative estimate of drug-likeness (QED) is 0.746. The van der Waals surface area contributed by atoms with Crippen molar-refractivity contribution in [2.24, 2.45) is 5.41 Å². The van der Waals surface area contributed by atoms with Crippen LogP contribution in [0, 0.1) is 5.41 Å². The molecule has 1 rings (SSSR count). The van der Waals surface area contributed by atoms with Crippen molar-refractivity contribution < 1.29 is 9.59 Å². The van der Waals surface area contributed by atoms with Crippen molar-refractivity contribution in [1.29, 1.82) is 0 Å². The van der Waals surface area contributed by atoms with Crippen molar-refractivity contribution in [2.45, 2.75) is 32.6 Å². The second kappa shape index (κ2) is 6.73. The van der Waals surface area contributed by atoms with E-state index >= 15 is 0 Å². The molecule has 1 heterocycles. The van der Waals surface area contributed by atoms with E-state index in [0.29, 0.717) is 13.0 Å². The topological polar surface area (TPSA) is 61.4 Å². The third kappa shape index (κ3) is 3.70. The molecule has 5 heteroatoms. The lowest BCUT2D eigenvalue weighted by molar-refractivity contribution is -0.133. The molecule has 104 valence electrons. The zero-order valence-electron chi connectivity index (χ0n) is 11.7. The smallest absolute Gasteiger partial charge is 0.226 e. The number of nitrogens with one attached hydrogen (secondary N) is 2. The molecule has 1 saturated heterocycles. The maximum Gasteiger partial charge on any atom is 0.226 e. The molecule has 0 aromatic rings. The highest BCUT2D eigenvalue weighted by molar-refractivity contribution is 5.83. The van der Waals surface area contributed by atoms with Gasteiger partial charge in [-0.3, -0.25) is 9.59 Å². The second-order valence-electron chi connectivity index (χ2n) is 5.18. The summed E-state index contributed by atoms with van der Waals surface area (Å²) in [5.74, 6) is 0.157. The number of carbonyl (C=O) groups excluding carboxylic acids is 2. The normalized spacial score (nSPS) is 18.2. The SMILES string of the molecule is CCC1(C(=O)NCCC(=O)N(C)C)CCNCC1. The van der Waals surface area contributed by atoms with Gasteiger partial charge in [0.2, 0.25) is 11.8 Å². The third-order valence-corrected chi connectivity index (χ3v) is 3.84. The van der Waals surface area contributed by atoms with Gasteiger partial charge in [-0.25, -0.2) is 0 Å². The summed E-state index contributed by atoms with van der Waals surface area (Å²) in [7, 11) is 3.45. The van der Waals surface area contributed by atoms with E-state index in [9.17, 15) is 9.59 Å². The van der Waals surface area contributed by atoms with Gasteiger partial charge in [0.05, 0.1) is 5.41 Å². The predicted octanol–water partition coefficient (Wildman–Crippen LogP) is 0.361. The molecule has 0 aromatic heterocycles. The maximum atomic E-state index is 12.2. The molecule has 1 fully saturated rings. The van der Waals surface area contributed by atoms with Gasteiger partial charge in [0.25, 0.3) is 0 Å². The van der Waals surface area contributed by atoms with E-state index in [1.807, 2.05) is 0 Å². The zero-order valence-corrected chi connectivity index (χ0v) is 11.7. The van der Waals surface area contributed by atoms with E-state index in [1.54, 1.807) is 19.0 Å². The largest absolute Gasteiger partial charge is 0.355 e. The van der Waals surface area contributed by atoms with Crippen LogP contribution in [0.3, 0.4) is 0 Å². The average Bonchev–Trinajstić information content (AvgIpc) is 2.39. The number of nitrogens with zero attached hydrogens (tertiary/aromatic N) is 1. The minimum absolute atomic E-state index is 0.0474. The van der Waals surface area contributed by atoms with Gasteiger partial charge in [-0.2, -0.15) is 0 Å². The van der Waals surface area contributed by atoms with Gasteiger partial charge in [0, 0.05) is 27.1 Å². The molecule has 0 unspecified atom stereocenters. The standard InChI is InChI=1S/C13H25N3O2/c1-4-13(6-9-14-10-7-13)12(18)15-8-5-11(17)16(2)3/h14H,4-10H2,1-3H3,(H,15,18). The van der Waals surface area contributed by atoms with E-state index in [-0.39, 0.29) is 17.2 Å². The molecular weight excluding hydrogens is 230 g/mol. The molecule has 2 amide bonds. The Kier molecular flexibility index (Phi) is 5.59. The Labute approximate surface area is 109 Å². The average molecular weight is 255 g/mol. The lowest BCUT2D eigenvalue weighted by atomic mass is 9.76. The fraction of sp³-hybridized carbons (Fsp3) is 0.846. The van der Waals surface area contributed by atoms with Gasteiger partial charge < -0.3 is 15.5 Å². The molecule has 0 spiro atoms. The van der Waals surface area contributed by atoms with Crippen LogP contribution >= 0.6 is 0 Å². The summed E-state index contributed by atoms with van der Waals surface area (Å²) in [6.07, 6.45) is 3.01. The van der Waals surface area contributed by atoms with Gasteiger partial charge in [-0.05, 0) is 32.4 Å². The Hall–Kier alpha value is -1.10. The van der Waals surface area contributed by atoms with Crippen molar-refractivity contribution in [1.82, 2.24) is 15.5 Å². The highest BCUT2D eigenvalue weighted by atomic mass is 16.2. The molecule has 0 aliphatic carbocycles. The predicted molar refractivity (Wildman–Crippen MR) is 71.1 cm³/mol. The van der Waals surface area contributed by atoms with Gasteiger partial charge >= 0.3 is 0 Å². The van der Waals surface area contributed by atoms with Gasteiger partial charge in [0.15, 0.2) is 0 Å². The van der Waals surface area contributed by atoms with E-state index in [0.717, 1.165) is 32.4 Å². The number of rotatable bonds is 5. The molecule has 0 aromatic carbocycles. The first-order valence-electron chi connectivity index (χ1n) is 6.71. The highest BCUT2D eigenvalue weighted by Gasteiger charge is 2.37. The summed E-state index contributed by atoms with van der Waals surface area (Å²) < 4.78 is 0. The Morgan fingerprint density at radius 2 is 1.89 bits per heavy atom. The zero-order chi connectivity index (χ0) is 13.6. The summed E-state index contributed by atoms with van der Waals surface area (Å²) in [4.78, 5) is 25.2. The first-order valence-corrected chi connectivity index (χ1v) is 6.71. The minimum atomic E-state index is -0.230. The number of carbonyl (C=O) groups is 2. The Morgan fingerprint density at radius 1 is 1.28 bits per heavy atom. The lowest BCUT2D eigenvalue weighted by Gasteiger charge is -2.35. The molecule has 5 nitrogen and oxygen atoms in total. The summed E-state index contributed by atoms with van der Waals surface area (Å²) >= 11 is 0. The number of amides is 2. The Balaban J connectivity index is 2.41. The molecule has 0 radical (unpaired) electrons. The summed E-state index contributed by atoms with van der Waals surface area (Å²) in [5, 5.41) is 6.19. The highest BCUT2D eigenvalue weighted by Crippen LogP contribution is 2.32. The van der Waals surface area contributed by atoms with Crippen molar-refractivity contribution >= 4 is 11.8 Å². The van der Waals surface area contributed by atoms with Crippen LogP contribution in [0.25, 0.3) is 0 Å². The molecule has 0 bridgehead atoms. The first-order chi connectivity index (χ1) is 8.52. The van der Waals surface area contributed by atoms with E-state index in [4.69, 9.17) is 0 Å². The van der Waals surface area contributed by atoms with Crippen LogP contribution in [-0.2, 0) is 9.59 Å². The van der Waals surface area contributed by atoms with Crippen LogP contribution in [0.1, 0.15) is 32.6 Å². The molecule has 1 aliphatic rings. The summed E-state index contributed by atoms with van der Waals surface area (Å²) in [6.45, 7) is 4.30.